The Morgan fingerprint density at radius 3 is 2.55 bits per heavy atom. The molecule has 0 bridgehead atoms. The van der Waals surface area contributed by atoms with Crippen molar-refractivity contribution in [3.05, 3.63) is 35.4 Å². The highest BCUT2D eigenvalue weighted by atomic mass is 16.5. The van der Waals surface area contributed by atoms with Crippen molar-refractivity contribution in [3.8, 4) is 5.75 Å². The maximum atomic E-state index is 10.9. The topological polar surface area (TPSA) is 46.5 Å². The summed E-state index contributed by atoms with van der Waals surface area (Å²) >= 11 is 0. The van der Waals surface area contributed by atoms with Gasteiger partial charge in [-0.15, -0.1) is 0 Å². The van der Waals surface area contributed by atoms with Crippen LogP contribution in [-0.4, -0.2) is 17.7 Å². The molecule has 0 aliphatic rings. The van der Waals surface area contributed by atoms with E-state index in [1.165, 1.54) is 6.08 Å². The standard InChI is InChI=1S/C17H24O3/c1-5-7-13(11-17(18)19)14-8-9-16(20-6-2)15(10-14)12(3)4/h8-12H,5-7H2,1-4H3,(H,18,19)/b13-11+. The van der Waals surface area contributed by atoms with Crippen molar-refractivity contribution >= 4 is 11.5 Å². The predicted molar refractivity (Wildman–Crippen MR) is 82.2 cm³/mol. The van der Waals surface area contributed by atoms with Crippen molar-refractivity contribution < 1.29 is 14.6 Å². The zero-order chi connectivity index (χ0) is 15.1. The van der Waals surface area contributed by atoms with Crippen molar-refractivity contribution in [2.45, 2.75) is 46.5 Å². The molecule has 0 radical (unpaired) electrons. The van der Waals surface area contributed by atoms with Gasteiger partial charge in [0.2, 0.25) is 0 Å². The van der Waals surface area contributed by atoms with Gasteiger partial charge in [0, 0.05) is 6.08 Å². The number of carbonyl (C=O) groups is 1. The van der Waals surface area contributed by atoms with E-state index in [9.17, 15) is 4.79 Å². The summed E-state index contributed by atoms with van der Waals surface area (Å²) in [5, 5.41) is 8.99. The second-order valence-electron chi connectivity index (χ2n) is 5.10. The maximum Gasteiger partial charge on any atom is 0.328 e. The average molecular weight is 276 g/mol. The lowest BCUT2D eigenvalue weighted by Crippen LogP contribution is -2.00. The average Bonchev–Trinajstić information content (AvgIpc) is 2.38. The van der Waals surface area contributed by atoms with Crippen molar-refractivity contribution in [2.24, 2.45) is 0 Å². The van der Waals surface area contributed by atoms with Gasteiger partial charge in [-0.3, -0.25) is 0 Å². The molecule has 1 N–H and O–H groups in total. The molecule has 1 rings (SSSR count). The largest absolute Gasteiger partial charge is 0.494 e. The molecule has 0 spiro atoms. The van der Waals surface area contributed by atoms with E-state index in [0.29, 0.717) is 12.5 Å². The Morgan fingerprint density at radius 2 is 2.05 bits per heavy atom. The number of hydrogen-bond donors (Lipinski definition) is 1. The van der Waals surface area contributed by atoms with Gasteiger partial charge in [-0.05, 0) is 48.1 Å². The van der Waals surface area contributed by atoms with Gasteiger partial charge < -0.3 is 9.84 Å². The molecule has 0 aliphatic heterocycles. The quantitative estimate of drug-likeness (QED) is 0.747. The number of rotatable bonds is 7. The summed E-state index contributed by atoms with van der Waals surface area (Å²) in [5.74, 6) is 0.329. The number of hydrogen-bond acceptors (Lipinski definition) is 2. The van der Waals surface area contributed by atoms with Gasteiger partial charge in [-0.2, -0.15) is 0 Å². The van der Waals surface area contributed by atoms with E-state index in [-0.39, 0.29) is 0 Å². The molecule has 0 saturated carbocycles. The zero-order valence-electron chi connectivity index (χ0n) is 12.8. The van der Waals surface area contributed by atoms with Gasteiger partial charge >= 0.3 is 5.97 Å². The fourth-order valence-corrected chi connectivity index (χ4v) is 2.20. The predicted octanol–water partition coefficient (Wildman–Crippen LogP) is 4.48. The first kappa shape index (κ1) is 16.3. The molecule has 3 heteroatoms. The summed E-state index contributed by atoms with van der Waals surface area (Å²) in [4.78, 5) is 10.9. The molecule has 0 aromatic heterocycles. The maximum absolute atomic E-state index is 10.9. The first-order valence-corrected chi connectivity index (χ1v) is 7.20. The van der Waals surface area contributed by atoms with Crippen LogP contribution < -0.4 is 4.74 Å². The number of aliphatic carboxylic acids is 1. The third-order valence-corrected chi connectivity index (χ3v) is 3.12. The van der Waals surface area contributed by atoms with Crippen LogP contribution in [0.1, 0.15) is 57.6 Å². The summed E-state index contributed by atoms with van der Waals surface area (Å²) in [7, 11) is 0. The molecule has 0 saturated heterocycles. The molecule has 1 aromatic carbocycles. The summed E-state index contributed by atoms with van der Waals surface area (Å²) < 4.78 is 5.64. The first-order valence-electron chi connectivity index (χ1n) is 7.20. The first-order chi connectivity index (χ1) is 9.49. The minimum absolute atomic E-state index is 0.337. The van der Waals surface area contributed by atoms with E-state index >= 15 is 0 Å². The van der Waals surface area contributed by atoms with E-state index in [0.717, 1.165) is 35.3 Å². The van der Waals surface area contributed by atoms with Crippen LogP contribution in [0.15, 0.2) is 24.3 Å². The Bertz CT molecular complexity index is 487. The highest BCUT2D eigenvalue weighted by Crippen LogP contribution is 2.31. The smallest absolute Gasteiger partial charge is 0.328 e. The molecule has 1 aromatic rings. The summed E-state index contributed by atoms with van der Waals surface area (Å²) in [6.45, 7) is 8.87. The minimum atomic E-state index is -0.895. The third-order valence-electron chi connectivity index (χ3n) is 3.12. The van der Waals surface area contributed by atoms with Crippen LogP contribution in [0.5, 0.6) is 5.75 Å². The number of carboxylic acids is 1. The number of allylic oxidation sites excluding steroid dienone is 1. The zero-order valence-corrected chi connectivity index (χ0v) is 12.8. The lowest BCUT2D eigenvalue weighted by atomic mass is 9.94. The van der Waals surface area contributed by atoms with Crippen LogP contribution in [-0.2, 0) is 4.79 Å². The second-order valence-corrected chi connectivity index (χ2v) is 5.10. The molecular formula is C17H24O3. The summed E-state index contributed by atoms with van der Waals surface area (Å²) in [6.07, 6.45) is 2.99. The Hall–Kier alpha value is -1.77. The van der Waals surface area contributed by atoms with E-state index in [1.54, 1.807) is 0 Å². The van der Waals surface area contributed by atoms with Crippen LogP contribution in [0.4, 0.5) is 0 Å². The number of carboxylic acid groups (broad SMARTS) is 1. The minimum Gasteiger partial charge on any atom is -0.494 e. The van der Waals surface area contributed by atoms with Crippen LogP contribution >= 0.6 is 0 Å². The number of benzene rings is 1. The van der Waals surface area contributed by atoms with Crippen LogP contribution in [0.25, 0.3) is 5.57 Å². The molecule has 0 unspecified atom stereocenters. The molecule has 110 valence electrons. The molecule has 0 fully saturated rings. The monoisotopic (exact) mass is 276 g/mol. The molecule has 0 amide bonds. The van der Waals surface area contributed by atoms with Crippen molar-refractivity contribution in [1.29, 1.82) is 0 Å². The molecule has 3 nitrogen and oxygen atoms in total. The lowest BCUT2D eigenvalue weighted by molar-refractivity contribution is -0.131. The summed E-state index contributed by atoms with van der Waals surface area (Å²) in [5.41, 5.74) is 2.96. The van der Waals surface area contributed by atoms with E-state index in [1.807, 2.05) is 26.0 Å². The van der Waals surface area contributed by atoms with E-state index < -0.39 is 5.97 Å². The Morgan fingerprint density at radius 1 is 1.35 bits per heavy atom. The lowest BCUT2D eigenvalue weighted by Gasteiger charge is -2.16. The second kappa shape index (κ2) is 7.73. The van der Waals surface area contributed by atoms with Crippen LogP contribution in [0.2, 0.25) is 0 Å². The van der Waals surface area contributed by atoms with Gasteiger partial charge in [0.25, 0.3) is 0 Å². The fraction of sp³-hybridized carbons (Fsp3) is 0.471. The third kappa shape index (κ3) is 4.41. The number of ether oxygens (including phenoxy) is 1. The molecule has 0 atom stereocenters. The van der Waals surface area contributed by atoms with Crippen LogP contribution in [0.3, 0.4) is 0 Å². The highest BCUT2D eigenvalue weighted by molar-refractivity contribution is 5.90. The summed E-state index contributed by atoms with van der Waals surface area (Å²) in [6, 6.07) is 5.95. The van der Waals surface area contributed by atoms with Crippen LogP contribution in [0, 0.1) is 0 Å². The van der Waals surface area contributed by atoms with Gasteiger partial charge in [0.05, 0.1) is 6.61 Å². The van der Waals surface area contributed by atoms with Crippen molar-refractivity contribution in [1.82, 2.24) is 0 Å². The Labute approximate surface area is 121 Å². The van der Waals surface area contributed by atoms with Gasteiger partial charge in [-0.25, -0.2) is 4.79 Å². The van der Waals surface area contributed by atoms with Crippen molar-refractivity contribution in [2.75, 3.05) is 6.61 Å². The fourth-order valence-electron chi connectivity index (χ4n) is 2.20. The van der Waals surface area contributed by atoms with E-state index in [2.05, 4.69) is 19.9 Å². The Kier molecular flexibility index (Phi) is 6.29. The van der Waals surface area contributed by atoms with Crippen molar-refractivity contribution in [3.63, 3.8) is 0 Å². The van der Waals surface area contributed by atoms with E-state index in [4.69, 9.17) is 9.84 Å². The van der Waals surface area contributed by atoms with Gasteiger partial charge in [0.15, 0.2) is 0 Å². The normalized spacial score (nSPS) is 11.8. The molecule has 0 aliphatic carbocycles. The Balaban J connectivity index is 3.24. The van der Waals surface area contributed by atoms with Gasteiger partial charge in [-0.1, -0.05) is 33.3 Å². The SMILES string of the molecule is CCC/C(=C\C(=O)O)c1ccc(OCC)c(C(C)C)c1. The molecular weight excluding hydrogens is 252 g/mol. The molecule has 20 heavy (non-hydrogen) atoms. The molecule has 0 heterocycles. The highest BCUT2D eigenvalue weighted by Gasteiger charge is 2.11. The van der Waals surface area contributed by atoms with Gasteiger partial charge in [0.1, 0.15) is 5.75 Å².